The summed E-state index contributed by atoms with van der Waals surface area (Å²) in [6.07, 6.45) is 18.7. The molecule has 0 fully saturated rings. The van der Waals surface area contributed by atoms with E-state index in [1.54, 1.807) is 0 Å². The second kappa shape index (κ2) is 18.1. The molecule has 0 aliphatic heterocycles. The number of ketones is 2. The summed E-state index contributed by atoms with van der Waals surface area (Å²) in [5, 5.41) is 0. The van der Waals surface area contributed by atoms with E-state index in [0.717, 1.165) is 12.8 Å². The number of carbonyl (C=O) groups excluding carboxylic acids is 2. The van der Waals surface area contributed by atoms with Crippen LogP contribution in [0.2, 0.25) is 0 Å². The molecule has 0 aliphatic carbocycles. The minimum atomic E-state index is 0.227. The maximum absolute atomic E-state index is 12.0. The Balaban J connectivity index is 3.54. The van der Waals surface area contributed by atoms with Gasteiger partial charge in [-0.3, -0.25) is 9.59 Å². The highest BCUT2D eigenvalue weighted by Gasteiger charge is 2.13. The van der Waals surface area contributed by atoms with Crippen LogP contribution < -0.4 is 0 Å². The molecular weight excluding hydrogens is 308 g/mol. The van der Waals surface area contributed by atoms with Crippen LogP contribution in [0.4, 0.5) is 0 Å². The molecule has 0 radical (unpaired) electrons. The first-order valence-corrected chi connectivity index (χ1v) is 11.1. The zero-order valence-electron chi connectivity index (χ0n) is 17.4. The third-order valence-corrected chi connectivity index (χ3v) is 5.02. The van der Waals surface area contributed by atoms with Gasteiger partial charge >= 0.3 is 0 Å². The molecule has 2 heteroatoms. The summed E-state index contributed by atoms with van der Waals surface area (Å²) in [7, 11) is 0. The molecule has 2 nitrogen and oxygen atoms in total. The van der Waals surface area contributed by atoms with Crippen LogP contribution in [-0.4, -0.2) is 11.6 Å². The van der Waals surface area contributed by atoms with Crippen molar-refractivity contribution in [2.75, 3.05) is 0 Å². The van der Waals surface area contributed by atoms with Crippen LogP contribution in [0.3, 0.4) is 0 Å². The third-order valence-electron chi connectivity index (χ3n) is 5.02. The summed E-state index contributed by atoms with van der Waals surface area (Å²) >= 11 is 0. The van der Waals surface area contributed by atoms with Gasteiger partial charge in [0, 0.05) is 25.7 Å². The van der Waals surface area contributed by atoms with Crippen LogP contribution in [0.25, 0.3) is 0 Å². The molecule has 0 heterocycles. The first kappa shape index (κ1) is 24.3. The summed E-state index contributed by atoms with van der Waals surface area (Å²) in [6, 6.07) is 0. The predicted molar refractivity (Wildman–Crippen MR) is 109 cm³/mol. The van der Waals surface area contributed by atoms with Crippen molar-refractivity contribution in [3.05, 3.63) is 0 Å². The number of carbonyl (C=O) groups is 2. The van der Waals surface area contributed by atoms with E-state index in [2.05, 4.69) is 20.8 Å². The molecule has 148 valence electrons. The molecule has 0 amide bonds. The fraction of sp³-hybridized carbons (Fsp3) is 0.913. The Morgan fingerprint density at radius 3 is 1.24 bits per heavy atom. The lowest BCUT2D eigenvalue weighted by Gasteiger charge is -2.10. The van der Waals surface area contributed by atoms with Crippen molar-refractivity contribution in [2.24, 2.45) is 5.92 Å². The van der Waals surface area contributed by atoms with E-state index in [0.29, 0.717) is 37.2 Å². The molecule has 0 saturated heterocycles. The van der Waals surface area contributed by atoms with Gasteiger partial charge in [0.2, 0.25) is 0 Å². The molecule has 1 atom stereocenters. The van der Waals surface area contributed by atoms with E-state index < -0.39 is 0 Å². The maximum Gasteiger partial charge on any atom is 0.133 e. The van der Waals surface area contributed by atoms with Gasteiger partial charge in [-0.25, -0.2) is 0 Å². The molecule has 0 aromatic carbocycles. The van der Waals surface area contributed by atoms with E-state index in [1.807, 2.05) is 0 Å². The van der Waals surface area contributed by atoms with Crippen LogP contribution in [0.1, 0.15) is 130 Å². The molecule has 0 saturated carbocycles. The average molecular weight is 353 g/mol. The van der Waals surface area contributed by atoms with E-state index in [1.165, 1.54) is 70.6 Å². The lowest BCUT2D eigenvalue weighted by Crippen LogP contribution is -2.10. The molecular formula is C23H44O2. The first-order valence-electron chi connectivity index (χ1n) is 11.1. The first-order chi connectivity index (χ1) is 12.1. The average Bonchev–Trinajstić information content (AvgIpc) is 2.57. The molecule has 0 spiro atoms. The molecule has 0 aromatic heterocycles. The quantitative estimate of drug-likeness (QED) is 0.226. The van der Waals surface area contributed by atoms with Crippen LogP contribution in [0.15, 0.2) is 0 Å². The van der Waals surface area contributed by atoms with Crippen LogP contribution in [0.5, 0.6) is 0 Å². The summed E-state index contributed by atoms with van der Waals surface area (Å²) < 4.78 is 0. The number of rotatable bonds is 19. The summed E-state index contributed by atoms with van der Waals surface area (Å²) in [6.45, 7) is 6.51. The molecule has 1 unspecified atom stereocenters. The van der Waals surface area contributed by atoms with E-state index in [-0.39, 0.29) is 5.92 Å². The highest BCUT2D eigenvalue weighted by molar-refractivity contribution is 5.81. The standard InChI is InChI=1S/C23H44O2/c1-4-6-8-10-12-14-16-18-23(25)20-21(3)19-22(24)17-15-13-11-9-7-5-2/h21H,4-20H2,1-3H3. The minimum absolute atomic E-state index is 0.227. The van der Waals surface area contributed by atoms with Gasteiger partial charge in [-0.05, 0) is 18.8 Å². The highest BCUT2D eigenvalue weighted by atomic mass is 16.1. The monoisotopic (exact) mass is 352 g/mol. The second-order valence-electron chi connectivity index (χ2n) is 7.98. The number of hydrogen-bond donors (Lipinski definition) is 0. The van der Waals surface area contributed by atoms with Crippen LogP contribution in [-0.2, 0) is 9.59 Å². The lowest BCUT2D eigenvalue weighted by atomic mass is 9.94. The van der Waals surface area contributed by atoms with E-state index >= 15 is 0 Å². The van der Waals surface area contributed by atoms with Gasteiger partial charge in [0.25, 0.3) is 0 Å². The SMILES string of the molecule is CCCCCCCCCC(=O)CC(C)CC(=O)CCCCCCCC. The van der Waals surface area contributed by atoms with E-state index in [4.69, 9.17) is 0 Å². The fourth-order valence-corrected chi connectivity index (χ4v) is 3.44. The Labute approximate surface area is 157 Å². The smallest absolute Gasteiger partial charge is 0.133 e. The highest BCUT2D eigenvalue weighted by Crippen LogP contribution is 2.16. The van der Waals surface area contributed by atoms with Crippen molar-refractivity contribution in [1.82, 2.24) is 0 Å². The fourth-order valence-electron chi connectivity index (χ4n) is 3.44. The summed E-state index contributed by atoms with van der Waals surface area (Å²) in [5.74, 6) is 0.935. The molecule has 0 N–H and O–H groups in total. The maximum atomic E-state index is 12.0. The van der Waals surface area contributed by atoms with Crippen molar-refractivity contribution < 1.29 is 9.59 Å². The normalized spacial score (nSPS) is 12.3. The van der Waals surface area contributed by atoms with Gasteiger partial charge in [-0.2, -0.15) is 0 Å². The Hall–Kier alpha value is -0.660. The van der Waals surface area contributed by atoms with Crippen molar-refractivity contribution in [1.29, 1.82) is 0 Å². The second-order valence-corrected chi connectivity index (χ2v) is 7.98. The third kappa shape index (κ3) is 17.9. The van der Waals surface area contributed by atoms with Gasteiger partial charge in [-0.15, -0.1) is 0 Å². The molecule has 25 heavy (non-hydrogen) atoms. The predicted octanol–water partition coefficient (Wildman–Crippen LogP) is 7.43. The summed E-state index contributed by atoms with van der Waals surface area (Å²) in [5.41, 5.74) is 0. The van der Waals surface area contributed by atoms with Crippen LogP contribution >= 0.6 is 0 Å². The van der Waals surface area contributed by atoms with Gasteiger partial charge in [0.15, 0.2) is 0 Å². The lowest BCUT2D eigenvalue weighted by molar-refractivity contribution is -0.121. The largest absolute Gasteiger partial charge is 0.300 e. The van der Waals surface area contributed by atoms with Gasteiger partial charge in [0.05, 0.1) is 0 Å². The Morgan fingerprint density at radius 2 is 0.880 bits per heavy atom. The topological polar surface area (TPSA) is 34.1 Å². The Bertz CT molecular complexity index is 322. The number of Topliss-reactive ketones (excluding diaryl/α,β-unsaturated/α-hetero) is 2. The molecule has 0 rings (SSSR count). The van der Waals surface area contributed by atoms with Gasteiger partial charge in [-0.1, -0.05) is 91.4 Å². The van der Waals surface area contributed by atoms with Crippen molar-refractivity contribution >= 4 is 11.6 Å². The molecule has 0 bridgehead atoms. The van der Waals surface area contributed by atoms with Crippen LogP contribution in [0, 0.1) is 5.92 Å². The van der Waals surface area contributed by atoms with Gasteiger partial charge in [0.1, 0.15) is 11.6 Å². The zero-order valence-corrected chi connectivity index (χ0v) is 17.4. The van der Waals surface area contributed by atoms with E-state index in [9.17, 15) is 9.59 Å². The number of unbranched alkanes of at least 4 members (excludes halogenated alkanes) is 11. The van der Waals surface area contributed by atoms with Crippen molar-refractivity contribution in [2.45, 2.75) is 130 Å². The Morgan fingerprint density at radius 1 is 0.560 bits per heavy atom. The molecule has 0 aliphatic rings. The van der Waals surface area contributed by atoms with Gasteiger partial charge < -0.3 is 0 Å². The van der Waals surface area contributed by atoms with Crippen molar-refractivity contribution in [3.8, 4) is 0 Å². The number of hydrogen-bond acceptors (Lipinski definition) is 2. The zero-order chi connectivity index (χ0) is 18.8. The Kier molecular flexibility index (Phi) is 17.7. The minimum Gasteiger partial charge on any atom is -0.300 e. The molecule has 0 aromatic rings. The van der Waals surface area contributed by atoms with Crippen molar-refractivity contribution in [3.63, 3.8) is 0 Å². The summed E-state index contributed by atoms with van der Waals surface area (Å²) in [4.78, 5) is 24.0.